The van der Waals surface area contributed by atoms with Gasteiger partial charge in [-0.1, -0.05) is 26.0 Å². The van der Waals surface area contributed by atoms with Gasteiger partial charge in [0.2, 0.25) is 11.8 Å². The number of hydrogen-bond acceptors (Lipinski definition) is 2. The van der Waals surface area contributed by atoms with Crippen molar-refractivity contribution in [2.45, 2.75) is 39.7 Å². The van der Waals surface area contributed by atoms with E-state index in [1.165, 1.54) is 0 Å². The molecule has 1 aromatic carbocycles. The summed E-state index contributed by atoms with van der Waals surface area (Å²) in [5, 5.41) is 5.76. The van der Waals surface area contributed by atoms with Gasteiger partial charge in [0.05, 0.1) is 6.42 Å². The van der Waals surface area contributed by atoms with Gasteiger partial charge in [-0.05, 0) is 30.0 Å². The first-order valence-corrected chi connectivity index (χ1v) is 6.83. The number of carbonyl (C=O) groups excluding carboxylic acids is 2. The second-order valence-electron chi connectivity index (χ2n) is 4.95. The minimum atomic E-state index is 0.0354. The molecule has 2 N–H and O–H groups in total. The number of rotatable bonds is 5. The maximum Gasteiger partial charge on any atom is 0.228 e. The summed E-state index contributed by atoms with van der Waals surface area (Å²) in [6, 6.07) is 5.83. The van der Waals surface area contributed by atoms with Crippen molar-refractivity contribution in [3.05, 3.63) is 29.3 Å². The topological polar surface area (TPSA) is 58.2 Å². The smallest absolute Gasteiger partial charge is 0.228 e. The van der Waals surface area contributed by atoms with Crippen molar-refractivity contribution in [1.82, 2.24) is 5.32 Å². The van der Waals surface area contributed by atoms with Crippen LogP contribution in [0.5, 0.6) is 0 Å². The van der Waals surface area contributed by atoms with Crippen molar-refractivity contribution >= 4 is 17.5 Å². The quantitative estimate of drug-likeness (QED) is 0.853. The molecule has 102 valence electrons. The SMILES string of the molecule is CCC(CC)C(=O)NCc1ccc2c(c1)CC(=O)N2. The molecule has 19 heavy (non-hydrogen) atoms. The molecule has 0 fully saturated rings. The third kappa shape index (κ3) is 3.13. The Balaban J connectivity index is 1.96. The van der Waals surface area contributed by atoms with E-state index in [4.69, 9.17) is 0 Å². The van der Waals surface area contributed by atoms with E-state index in [1.54, 1.807) is 0 Å². The molecule has 0 saturated carbocycles. The summed E-state index contributed by atoms with van der Waals surface area (Å²) >= 11 is 0. The van der Waals surface area contributed by atoms with E-state index in [-0.39, 0.29) is 17.7 Å². The Morgan fingerprint density at radius 1 is 1.37 bits per heavy atom. The average molecular weight is 260 g/mol. The highest BCUT2D eigenvalue weighted by atomic mass is 16.2. The average Bonchev–Trinajstić information content (AvgIpc) is 2.77. The Hall–Kier alpha value is -1.84. The Labute approximate surface area is 113 Å². The van der Waals surface area contributed by atoms with E-state index in [0.29, 0.717) is 13.0 Å². The highest BCUT2D eigenvalue weighted by molar-refractivity contribution is 5.99. The molecule has 0 atom stereocenters. The molecule has 0 saturated heterocycles. The maximum atomic E-state index is 11.9. The fourth-order valence-corrected chi connectivity index (χ4v) is 2.39. The Kier molecular flexibility index (Phi) is 4.20. The van der Waals surface area contributed by atoms with Crippen LogP contribution in [0.2, 0.25) is 0 Å². The minimum absolute atomic E-state index is 0.0354. The van der Waals surface area contributed by atoms with E-state index >= 15 is 0 Å². The van der Waals surface area contributed by atoms with Gasteiger partial charge in [0.15, 0.2) is 0 Å². The van der Waals surface area contributed by atoms with Crippen LogP contribution >= 0.6 is 0 Å². The Morgan fingerprint density at radius 3 is 2.79 bits per heavy atom. The summed E-state index contributed by atoms with van der Waals surface area (Å²) in [4.78, 5) is 23.2. The minimum Gasteiger partial charge on any atom is -0.352 e. The molecule has 1 aliphatic heterocycles. The normalized spacial score (nSPS) is 13.3. The Morgan fingerprint density at radius 2 is 2.11 bits per heavy atom. The lowest BCUT2D eigenvalue weighted by molar-refractivity contribution is -0.125. The van der Waals surface area contributed by atoms with Gasteiger partial charge in [0.1, 0.15) is 0 Å². The van der Waals surface area contributed by atoms with Crippen LogP contribution in [0.15, 0.2) is 18.2 Å². The van der Waals surface area contributed by atoms with Crippen LogP contribution in [-0.4, -0.2) is 11.8 Å². The van der Waals surface area contributed by atoms with Crippen molar-refractivity contribution in [2.75, 3.05) is 5.32 Å². The van der Waals surface area contributed by atoms with Gasteiger partial charge in [-0.15, -0.1) is 0 Å². The molecular formula is C15H20N2O2. The lowest BCUT2D eigenvalue weighted by Crippen LogP contribution is -2.29. The van der Waals surface area contributed by atoms with Gasteiger partial charge >= 0.3 is 0 Å². The molecule has 4 nitrogen and oxygen atoms in total. The van der Waals surface area contributed by atoms with Crippen LogP contribution in [0.1, 0.15) is 37.8 Å². The second kappa shape index (κ2) is 5.87. The molecule has 0 bridgehead atoms. The van der Waals surface area contributed by atoms with Crippen LogP contribution in [0.25, 0.3) is 0 Å². The zero-order valence-electron chi connectivity index (χ0n) is 11.5. The van der Waals surface area contributed by atoms with E-state index < -0.39 is 0 Å². The van der Waals surface area contributed by atoms with Gasteiger partial charge in [0, 0.05) is 18.2 Å². The van der Waals surface area contributed by atoms with Gasteiger partial charge in [0.25, 0.3) is 0 Å². The van der Waals surface area contributed by atoms with Crippen LogP contribution in [0, 0.1) is 5.92 Å². The molecule has 0 aliphatic carbocycles. The fraction of sp³-hybridized carbons (Fsp3) is 0.467. The van der Waals surface area contributed by atoms with Gasteiger partial charge in [-0.25, -0.2) is 0 Å². The summed E-state index contributed by atoms with van der Waals surface area (Å²) in [6.07, 6.45) is 2.17. The van der Waals surface area contributed by atoms with Gasteiger partial charge < -0.3 is 10.6 Å². The molecule has 2 rings (SSSR count). The Bertz CT molecular complexity index is 493. The van der Waals surface area contributed by atoms with Crippen molar-refractivity contribution in [3.63, 3.8) is 0 Å². The summed E-state index contributed by atoms with van der Waals surface area (Å²) < 4.78 is 0. The monoisotopic (exact) mass is 260 g/mol. The predicted octanol–water partition coefficient (Wildman–Crippen LogP) is 2.23. The van der Waals surface area contributed by atoms with E-state index in [1.807, 2.05) is 32.0 Å². The third-order valence-electron chi connectivity index (χ3n) is 3.62. The largest absolute Gasteiger partial charge is 0.352 e. The lowest BCUT2D eigenvalue weighted by Gasteiger charge is -2.13. The van der Waals surface area contributed by atoms with E-state index in [9.17, 15) is 9.59 Å². The maximum absolute atomic E-state index is 11.9. The number of benzene rings is 1. The molecule has 4 heteroatoms. The number of fused-ring (bicyclic) bond motifs is 1. The lowest BCUT2D eigenvalue weighted by atomic mass is 10.0. The first-order valence-electron chi connectivity index (χ1n) is 6.83. The van der Waals surface area contributed by atoms with Gasteiger partial charge in [-0.3, -0.25) is 9.59 Å². The molecule has 2 amide bonds. The standard InChI is InChI=1S/C15H20N2O2/c1-3-11(4-2)15(19)16-9-10-5-6-13-12(7-10)8-14(18)17-13/h5-7,11H,3-4,8-9H2,1-2H3,(H,16,19)(H,17,18). The number of nitrogens with one attached hydrogen (secondary N) is 2. The second-order valence-corrected chi connectivity index (χ2v) is 4.95. The summed E-state index contributed by atoms with van der Waals surface area (Å²) in [7, 11) is 0. The molecule has 1 heterocycles. The molecule has 1 aromatic rings. The zero-order chi connectivity index (χ0) is 13.8. The molecule has 0 radical (unpaired) electrons. The highest BCUT2D eigenvalue weighted by Crippen LogP contribution is 2.23. The number of amides is 2. The van der Waals surface area contributed by atoms with E-state index in [2.05, 4.69) is 10.6 Å². The number of anilines is 1. The summed E-state index contributed by atoms with van der Waals surface area (Å²) in [5.74, 6) is 0.241. The molecule has 0 unspecified atom stereocenters. The first-order chi connectivity index (χ1) is 9.13. The molecule has 0 spiro atoms. The summed E-state index contributed by atoms with van der Waals surface area (Å²) in [6.45, 7) is 4.58. The van der Waals surface area contributed by atoms with Crippen LogP contribution in [0.3, 0.4) is 0 Å². The van der Waals surface area contributed by atoms with Crippen molar-refractivity contribution < 1.29 is 9.59 Å². The number of carbonyl (C=O) groups is 2. The molecule has 1 aliphatic rings. The summed E-state index contributed by atoms with van der Waals surface area (Å²) in [5.41, 5.74) is 2.94. The van der Waals surface area contributed by atoms with Crippen molar-refractivity contribution in [1.29, 1.82) is 0 Å². The predicted molar refractivity (Wildman–Crippen MR) is 74.7 cm³/mol. The number of hydrogen-bond donors (Lipinski definition) is 2. The van der Waals surface area contributed by atoms with Gasteiger partial charge in [-0.2, -0.15) is 0 Å². The highest BCUT2D eigenvalue weighted by Gasteiger charge is 2.18. The van der Waals surface area contributed by atoms with Crippen LogP contribution < -0.4 is 10.6 Å². The van der Waals surface area contributed by atoms with Crippen molar-refractivity contribution in [3.8, 4) is 0 Å². The molecule has 0 aromatic heterocycles. The van der Waals surface area contributed by atoms with Crippen LogP contribution in [-0.2, 0) is 22.6 Å². The van der Waals surface area contributed by atoms with Crippen molar-refractivity contribution in [2.24, 2.45) is 5.92 Å². The van der Waals surface area contributed by atoms with E-state index in [0.717, 1.165) is 29.7 Å². The zero-order valence-corrected chi connectivity index (χ0v) is 11.5. The fourth-order valence-electron chi connectivity index (χ4n) is 2.39. The first kappa shape index (κ1) is 13.6. The molecular weight excluding hydrogens is 240 g/mol. The van der Waals surface area contributed by atoms with Crippen LogP contribution in [0.4, 0.5) is 5.69 Å². The third-order valence-corrected chi connectivity index (χ3v) is 3.62.